The van der Waals surface area contributed by atoms with Gasteiger partial charge in [0.15, 0.2) is 9.84 Å². The van der Waals surface area contributed by atoms with Gasteiger partial charge >= 0.3 is 0 Å². The minimum atomic E-state index is -2.94. The number of benzene rings is 1. The van der Waals surface area contributed by atoms with Crippen molar-refractivity contribution in [3.8, 4) is 0 Å². The van der Waals surface area contributed by atoms with Crippen molar-refractivity contribution in [2.24, 2.45) is 0 Å². The molecular weight excluding hydrogens is 274 g/mol. The van der Waals surface area contributed by atoms with E-state index in [9.17, 15) is 8.42 Å². The molecule has 0 amide bonds. The topological polar surface area (TPSA) is 85.1 Å². The van der Waals surface area contributed by atoms with Crippen LogP contribution in [0.2, 0.25) is 0 Å². The van der Waals surface area contributed by atoms with E-state index in [-0.39, 0.29) is 11.5 Å². The minimum absolute atomic E-state index is 0.151. The number of nitrogens with one attached hydrogen (secondary N) is 1. The van der Waals surface area contributed by atoms with Gasteiger partial charge in [0.1, 0.15) is 0 Å². The van der Waals surface area contributed by atoms with Gasteiger partial charge in [-0.25, -0.2) is 8.42 Å². The Kier molecular flexibility index (Phi) is 2.86. The van der Waals surface area contributed by atoms with Gasteiger partial charge in [-0.2, -0.15) is 0 Å². The Morgan fingerprint density at radius 1 is 1.35 bits per heavy atom. The molecule has 3 rings (SSSR count). The van der Waals surface area contributed by atoms with Crippen LogP contribution in [0.5, 0.6) is 0 Å². The zero-order valence-electron chi connectivity index (χ0n) is 11.3. The maximum absolute atomic E-state index is 11.7. The van der Waals surface area contributed by atoms with Crippen LogP contribution in [0.3, 0.4) is 0 Å². The summed E-state index contributed by atoms with van der Waals surface area (Å²) in [5.41, 5.74) is 7.77. The number of hydrogen-bond donors (Lipinski definition) is 2. The molecule has 1 aliphatic heterocycles. The fourth-order valence-electron chi connectivity index (χ4n) is 2.73. The molecule has 2 aromatic rings. The molecule has 0 aliphatic carbocycles. The van der Waals surface area contributed by atoms with E-state index in [0.717, 1.165) is 16.6 Å². The number of nitrogens with zero attached hydrogens (tertiary/aromatic N) is 1. The van der Waals surface area contributed by atoms with Crippen LogP contribution in [-0.2, 0) is 9.84 Å². The molecule has 20 heavy (non-hydrogen) atoms. The lowest BCUT2D eigenvalue weighted by Crippen LogP contribution is -2.36. The molecule has 0 bridgehead atoms. The third-order valence-electron chi connectivity index (χ3n) is 3.74. The Hall–Kier alpha value is -1.82. The molecule has 2 heterocycles. The summed E-state index contributed by atoms with van der Waals surface area (Å²) < 4.78 is 23.4. The molecule has 6 heteroatoms. The van der Waals surface area contributed by atoms with Gasteiger partial charge in [0.05, 0.1) is 22.7 Å². The van der Waals surface area contributed by atoms with Crippen molar-refractivity contribution < 1.29 is 8.42 Å². The zero-order valence-corrected chi connectivity index (χ0v) is 12.1. The fraction of sp³-hybridized carbons (Fsp3) is 0.357. The van der Waals surface area contributed by atoms with Crippen LogP contribution in [0.4, 0.5) is 11.4 Å². The summed E-state index contributed by atoms with van der Waals surface area (Å²) >= 11 is 0. The van der Waals surface area contributed by atoms with E-state index in [4.69, 9.17) is 5.73 Å². The summed E-state index contributed by atoms with van der Waals surface area (Å²) in [6.45, 7) is 1.93. The average molecular weight is 291 g/mol. The first-order valence-electron chi connectivity index (χ1n) is 6.50. The second-order valence-electron chi connectivity index (χ2n) is 5.63. The zero-order chi connectivity index (χ0) is 14.4. The molecule has 106 valence electrons. The molecule has 0 spiro atoms. The van der Waals surface area contributed by atoms with Gasteiger partial charge in [-0.1, -0.05) is 0 Å². The molecular formula is C14H17N3O2S. The average Bonchev–Trinajstić information content (AvgIpc) is 2.68. The first kappa shape index (κ1) is 13.2. The molecule has 1 unspecified atom stereocenters. The number of nitrogen functional groups attached to an aromatic ring is 1. The number of hydrogen-bond acceptors (Lipinski definition) is 5. The van der Waals surface area contributed by atoms with Crippen molar-refractivity contribution in [3.63, 3.8) is 0 Å². The van der Waals surface area contributed by atoms with Gasteiger partial charge in [-0.3, -0.25) is 4.98 Å². The molecule has 1 aromatic heterocycles. The Balaban J connectivity index is 2.02. The van der Waals surface area contributed by atoms with Gasteiger partial charge in [0.2, 0.25) is 0 Å². The maximum atomic E-state index is 11.7. The quantitative estimate of drug-likeness (QED) is 0.824. The van der Waals surface area contributed by atoms with Crippen LogP contribution in [0.25, 0.3) is 10.9 Å². The summed E-state index contributed by atoms with van der Waals surface area (Å²) in [5, 5.41) is 4.22. The van der Waals surface area contributed by atoms with Crippen LogP contribution >= 0.6 is 0 Å². The SMILES string of the molecule is CC1(Nc2ccc(N)c3cccnc23)CCS(=O)(=O)C1. The van der Waals surface area contributed by atoms with E-state index in [0.29, 0.717) is 12.1 Å². The van der Waals surface area contributed by atoms with E-state index in [1.54, 1.807) is 6.20 Å². The molecule has 1 aliphatic rings. The van der Waals surface area contributed by atoms with Crippen molar-refractivity contribution in [3.05, 3.63) is 30.5 Å². The van der Waals surface area contributed by atoms with Gasteiger partial charge in [0.25, 0.3) is 0 Å². The molecule has 1 atom stereocenters. The van der Waals surface area contributed by atoms with Crippen LogP contribution < -0.4 is 11.1 Å². The number of anilines is 2. The largest absolute Gasteiger partial charge is 0.398 e. The highest BCUT2D eigenvalue weighted by Gasteiger charge is 2.38. The number of rotatable bonds is 2. The summed E-state index contributed by atoms with van der Waals surface area (Å²) in [4.78, 5) is 4.36. The second kappa shape index (κ2) is 4.34. The summed E-state index contributed by atoms with van der Waals surface area (Å²) in [6, 6.07) is 7.43. The highest BCUT2D eigenvalue weighted by atomic mass is 32.2. The van der Waals surface area contributed by atoms with Crippen molar-refractivity contribution >= 4 is 32.1 Å². The predicted molar refractivity (Wildman–Crippen MR) is 81.5 cm³/mol. The first-order chi connectivity index (χ1) is 9.39. The second-order valence-corrected chi connectivity index (χ2v) is 7.81. The molecule has 3 N–H and O–H groups in total. The minimum Gasteiger partial charge on any atom is -0.398 e. The van der Waals surface area contributed by atoms with E-state index in [2.05, 4.69) is 10.3 Å². The molecule has 1 fully saturated rings. The number of pyridine rings is 1. The lowest BCUT2D eigenvalue weighted by molar-refractivity contribution is 0.574. The smallest absolute Gasteiger partial charge is 0.152 e. The lowest BCUT2D eigenvalue weighted by Gasteiger charge is -2.26. The lowest BCUT2D eigenvalue weighted by atomic mass is 10.0. The normalized spacial score (nSPS) is 24.9. The van der Waals surface area contributed by atoms with Crippen LogP contribution in [-0.4, -0.2) is 30.4 Å². The Morgan fingerprint density at radius 3 is 2.85 bits per heavy atom. The number of sulfone groups is 1. The van der Waals surface area contributed by atoms with Crippen molar-refractivity contribution in [2.75, 3.05) is 22.6 Å². The maximum Gasteiger partial charge on any atom is 0.152 e. The molecule has 1 saturated heterocycles. The van der Waals surface area contributed by atoms with Crippen LogP contribution in [0, 0.1) is 0 Å². The molecule has 0 radical (unpaired) electrons. The molecule has 1 aromatic carbocycles. The Labute approximate surface area is 118 Å². The van der Waals surface area contributed by atoms with E-state index in [1.807, 2.05) is 31.2 Å². The standard InChI is InChI=1S/C14H17N3O2S/c1-14(6-8-20(18,19)9-14)17-12-5-4-11(15)10-3-2-7-16-13(10)12/h2-5,7,17H,6,8-9,15H2,1H3. The van der Waals surface area contributed by atoms with Crippen molar-refractivity contribution in [1.29, 1.82) is 0 Å². The third kappa shape index (κ3) is 2.31. The Bertz CT molecular complexity index is 773. The highest BCUT2D eigenvalue weighted by Crippen LogP contribution is 2.32. The Morgan fingerprint density at radius 2 is 2.15 bits per heavy atom. The van der Waals surface area contributed by atoms with Crippen LogP contribution in [0.1, 0.15) is 13.3 Å². The van der Waals surface area contributed by atoms with E-state index >= 15 is 0 Å². The van der Waals surface area contributed by atoms with Crippen molar-refractivity contribution in [2.45, 2.75) is 18.9 Å². The summed E-state index contributed by atoms with van der Waals surface area (Å²) in [5.74, 6) is 0.384. The summed E-state index contributed by atoms with van der Waals surface area (Å²) in [7, 11) is -2.94. The number of fused-ring (bicyclic) bond motifs is 1. The van der Waals surface area contributed by atoms with Gasteiger partial charge in [-0.05, 0) is 37.6 Å². The van der Waals surface area contributed by atoms with Crippen molar-refractivity contribution in [1.82, 2.24) is 4.98 Å². The molecule has 5 nitrogen and oxygen atoms in total. The predicted octanol–water partition coefficient (Wildman–Crippen LogP) is 1.81. The van der Waals surface area contributed by atoms with Crippen LogP contribution in [0.15, 0.2) is 30.5 Å². The van der Waals surface area contributed by atoms with Gasteiger partial charge in [-0.15, -0.1) is 0 Å². The monoisotopic (exact) mass is 291 g/mol. The van der Waals surface area contributed by atoms with E-state index < -0.39 is 15.4 Å². The fourth-order valence-corrected chi connectivity index (χ4v) is 4.82. The third-order valence-corrected chi connectivity index (χ3v) is 5.65. The van der Waals surface area contributed by atoms with Gasteiger partial charge in [0, 0.05) is 22.8 Å². The molecule has 0 saturated carbocycles. The highest BCUT2D eigenvalue weighted by molar-refractivity contribution is 7.91. The summed E-state index contributed by atoms with van der Waals surface area (Å²) in [6.07, 6.45) is 2.31. The van der Waals surface area contributed by atoms with Gasteiger partial charge < -0.3 is 11.1 Å². The number of aromatic nitrogens is 1. The first-order valence-corrected chi connectivity index (χ1v) is 8.33. The number of nitrogens with two attached hydrogens (primary N) is 1. The van der Waals surface area contributed by atoms with E-state index in [1.165, 1.54) is 0 Å².